The van der Waals surface area contributed by atoms with Gasteiger partial charge in [0.1, 0.15) is 6.54 Å². The van der Waals surface area contributed by atoms with Gasteiger partial charge in [0.2, 0.25) is 5.91 Å². The van der Waals surface area contributed by atoms with E-state index in [0.717, 1.165) is 46.6 Å². The van der Waals surface area contributed by atoms with Crippen LogP contribution in [-0.2, 0) is 9.59 Å². The summed E-state index contributed by atoms with van der Waals surface area (Å²) in [5.74, 6) is -0.853. The molecule has 6 nitrogen and oxygen atoms in total. The first kappa shape index (κ1) is 21.6. The van der Waals surface area contributed by atoms with Crippen LogP contribution in [0, 0.1) is 6.92 Å². The van der Waals surface area contributed by atoms with E-state index in [4.69, 9.17) is 0 Å². The zero-order valence-corrected chi connectivity index (χ0v) is 18.2. The average Bonchev–Trinajstić information content (AvgIpc) is 2.99. The number of thioether (sulfide) groups is 1. The number of carbonyl (C=O) groups is 3. The number of carbonyl (C=O) groups excluding carboxylic acids is 3. The lowest BCUT2D eigenvalue weighted by molar-refractivity contribution is -0.127. The van der Waals surface area contributed by atoms with Crippen molar-refractivity contribution in [1.82, 2.24) is 4.90 Å². The maximum Gasteiger partial charge on any atom is 0.294 e. The fourth-order valence-corrected chi connectivity index (χ4v) is 4.04. The molecule has 1 aliphatic rings. The fourth-order valence-electron chi connectivity index (χ4n) is 3.20. The molecule has 7 heteroatoms. The van der Waals surface area contributed by atoms with Crippen LogP contribution in [0.1, 0.15) is 25.0 Å². The summed E-state index contributed by atoms with van der Waals surface area (Å²) in [4.78, 5) is 40.8. The van der Waals surface area contributed by atoms with Crippen LogP contribution >= 0.6 is 11.8 Å². The van der Waals surface area contributed by atoms with Crippen molar-refractivity contribution in [1.29, 1.82) is 0 Å². The Morgan fingerprint density at radius 3 is 2.37 bits per heavy atom. The number of benzene rings is 2. The first-order valence-corrected chi connectivity index (χ1v) is 10.7. The van der Waals surface area contributed by atoms with Gasteiger partial charge in [-0.3, -0.25) is 19.3 Å². The van der Waals surface area contributed by atoms with E-state index in [1.165, 1.54) is 0 Å². The summed E-state index contributed by atoms with van der Waals surface area (Å²) in [5.41, 5.74) is 3.52. The normalized spacial score (nSPS) is 15.0. The van der Waals surface area contributed by atoms with Gasteiger partial charge in [-0.1, -0.05) is 30.3 Å². The quantitative estimate of drug-likeness (QED) is 0.663. The van der Waals surface area contributed by atoms with Gasteiger partial charge in [0.05, 0.1) is 4.91 Å². The lowest BCUT2D eigenvalue weighted by Gasteiger charge is -2.20. The van der Waals surface area contributed by atoms with E-state index in [-0.39, 0.29) is 6.54 Å². The summed E-state index contributed by atoms with van der Waals surface area (Å²) in [6.07, 6.45) is 1.69. The summed E-state index contributed by atoms with van der Waals surface area (Å²) in [7, 11) is 0. The van der Waals surface area contributed by atoms with Gasteiger partial charge in [-0.05, 0) is 67.9 Å². The van der Waals surface area contributed by atoms with Crippen LogP contribution in [0.3, 0.4) is 0 Å². The summed E-state index contributed by atoms with van der Waals surface area (Å²) < 4.78 is 0. The maximum absolute atomic E-state index is 12.7. The monoisotopic (exact) mass is 423 g/mol. The molecular formula is C23H25N3O3S. The molecule has 0 aromatic heterocycles. The van der Waals surface area contributed by atoms with Gasteiger partial charge < -0.3 is 10.2 Å². The molecule has 3 amide bonds. The Morgan fingerprint density at radius 1 is 1.07 bits per heavy atom. The van der Waals surface area contributed by atoms with Gasteiger partial charge in [0.15, 0.2) is 0 Å². The van der Waals surface area contributed by atoms with Crippen LogP contribution in [0.15, 0.2) is 53.4 Å². The van der Waals surface area contributed by atoms with E-state index in [1.807, 2.05) is 49.4 Å². The van der Waals surface area contributed by atoms with Crippen LogP contribution in [0.4, 0.5) is 16.2 Å². The first-order valence-electron chi connectivity index (χ1n) is 9.88. The molecule has 0 unspecified atom stereocenters. The van der Waals surface area contributed by atoms with Crippen molar-refractivity contribution >= 4 is 46.3 Å². The summed E-state index contributed by atoms with van der Waals surface area (Å²) >= 11 is 0.856. The van der Waals surface area contributed by atoms with Gasteiger partial charge >= 0.3 is 0 Å². The third-order valence-corrected chi connectivity index (χ3v) is 5.82. The third-order valence-electron chi connectivity index (χ3n) is 4.91. The number of hydrogen-bond acceptors (Lipinski definition) is 5. The molecular weight excluding hydrogens is 398 g/mol. The van der Waals surface area contributed by atoms with Crippen molar-refractivity contribution in [2.75, 3.05) is 29.9 Å². The van der Waals surface area contributed by atoms with Crippen molar-refractivity contribution in [3.63, 3.8) is 0 Å². The molecule has 1 fully saturated rings. The van der Waals surface area contributed by atoms with Crippen molar-refractivity contribution in [3.05, 3.63) is 64.6 Å². The molecule has 1 saturated heterocycles. The Labute approximate surface area is 180 Å². The fraction of sp³-hybridized carbons (Fsp3) is 0.261. The van der Waals surface area contributed by atoms with Gasteiger partial charge in [-0.15, -0.1) is 0 Å². The standard InChI is InChI=1S/C23H25N3O3S/c1-4-25(5-2)18-12-10-17(11-13-18)14-20-22(28)26(23(29)30-20)15-21(27)24-19-9-7-6-8-16(19)3/h6-14H,4-5,15H2,1-3H3,(H,24,27)/b20-14+. The van der Waals surface area contributed by atoms with Crippen molar-refractivity contribution < 1.29 is 14.4 Å². The van der Waals surface area contributed by atoms with E-state index >= 15 is 0 Å². The molecule has 1 aliphatic heterocycles. The molecule has 156 valence electrons. The maximum atomic E-state index is 12.7. The smallest absolute Gasteiger partial charge is 0.294 e. The lowest BCUT2D eigenvalue weighted by Crippen LogP contribution is -2.36. The average molecular weight is 424 g/mol. The highest BCUT2D eigenvalue weighted by molar-refractivity contribution is 8.18. The Kier molecular flexibility index (Phi) is 6.95. The zero-order valence-electron chi connectivity index (χ0n) is 17.3. The van der Waals surface area contributed by atoms with Crippen LogP contribution < -0.4 is 10.2 Å². The Balaban J connectivity index is 1.68. The number of nitrogens with one attached hydrogen (secondary N) is 1. The number of para-hydroxylation sites is 1. The van der Waals surface area contributed by atoms with Crippen molar-refractivity contribution in [3.8, 4) is 0 Å². The molecule has 0 aliphatic carbocycles. The molecule has 2 aromatic rings. The molecule has 1 N–H and O–H groups in total. The molecule has 0 saturated carbocycles. The van der Waals surface area contributed by atoms with Gasteiger partial charge in [0.25, 0.3) is 11.1 Å². The Hall–Kier alpha value is -3.06. The Morgan fingerprint density at radius 2 is 1.73 bits per heavy atom. The minimum absolute atomic E-state index is 0.308. The number of aryl methyl sites for hydroxylation is 1. The largest absolute Gasteiger partial charge is 0.372 e. The molecule has 30 heavy (non-hydrogen) atoms. The second-order valence-electron chi connectivity index (χ2n) is 6.89. The van der Waals surface area contributed by atoms with Crippen LogP contribution in [0.5, 0.6) is 0 Å². The summed E-state index contributed by atoms with van der Waals surface area (Å²) in [5, 5.41) is 2.31. The highest BCUT2D eigenvalue weighted by Crippen LogP contribution is 2.32. The Bertz CT molecular complexity index is 981. The summed E-state index contributed by atoms with van der Waals surface area (Å²) in [6, 6.07) is 15.2. The number of hydrogen-bond donors (Lipinski definition) is 1. The number of rotatable bonds is 7. The van der Waals surface area contributed by atoms with Crippen molar-refractivity contribution in [2.45, 2.75) is 20.8 Å². The number of imide groups is 1. The molecule has 2 aromatic carbocycles. The molecule has 3 rings (SSSR count). The van der Waals surface area contributed by atoms with E-state index in [9.17, 15) is 14.4 Å². The van der Waals surface area contributed by atoms with Gasteiger partial charge in [-0.2, -0.15) is 0 Å². The van der Waals surface area contributed by atoms with E-state index in [1.54, 1.807) is 12.1 Å². The number of nitrogens with zero attached hydrogens (tertiary/aromatic N) is 2. The molecule has 0 bridgehead atoms. The van der Waals surface area contributed by atoms with Crippen LogP contribution in [0.2, 0.25) is 0 Å². The molecule has 0 atom stereocenters. The molecule has 0 spiro atoms. The topological polar surface area (TPSA) is 69.7 Å². The van der Waals surface area contributed by atoms with E-state index in [0.29, 0.717) is 10.6 Å². The predicted octanol–water partition coefficient (Wildman–Crippen LogP) is 4.52. The molecule has 0 radical (unpaired) electrons. The van der Waals surface area contributed by atoms with Gasteiger partial charge in [0, 0.05) is 24.5 Å². The number of anilines is 2. The van der Waals surface area contributed by atoms with Gasteiger partial charge in [-0.25, -0.2) is 0 Å². The first-order chi connectivity index (χ1) is 14.4. The molecule has 1 heterocycles. The van der Waals surface area contributed by atoms with Crippen LogP contribution in [-0.4, -0.2) is 41.6 Å². The lowest BCUT2D eigenvalue weighted by atomic mass is 10.1. The second-order valence-corrected chi connectivity index (χ2v) is 7.89. The predicted molar refractivity (Wildman–Crippen MR) is 122 cm³/mol. The third kappa shape index (κ3) is 4.91. The van der Waals surface area contributed by atoms with Crippen LogP contribution in [0.25, 0.3) is 6.08 Å². The zero-order chi connectivity index (χ0) is 21.7. The van der Waals surface area contributed by atoms with E-state index in [2.05, 4.69) is 24.1 Å². The minimum Gasteiger partial charge on any atom is -0.372 e. The minimum atomic E-state index is -0.447. The SMILES string of the molecule is CCN(CC)c1ccc(/C=C2/SC(=O)N(CC(=O)Nc3ccccc3C)C2=O)cc1. The second kappa shape index (κ2) is 9.63. The highest BCUT2D eigenvalue weighted by Gasteiger charge is 2.36. The highest BCUT2D eigenvalue weighted by atomic mass is 32.2. The van der Waals surface area contributed by atoms with E-state index < -0.39 is 17.1 Å². The summed E-state index contributed by atoms with van der Waals surface area (Å²) in [6.45, 7) is 7.60. The van der Waals surface area contributed by atoms with Crippen molar-refractivity contribution in [2.24, 2.45) is 0 Å². The number of amides is 3.